The van der Waals surface area contributed by atoms with Crippen LogP contribution in [0.4, 0.5) is 0 Å². The number of carbonyl (C=O) groups excluding carboxylic acids is 1. The van der Waals surface area contributed by atoms with Gasteiger partial charge in [0.25, 0.3) is 0 Å². The molecule has 4 N–H and O–H groups in total. The van der Waals surface area contributed by atoms with E-state index in [2.05, 4.69) is 43.5 Å². The molecule has 0 aliphatic carbocycles. The van der Waals surface area contributed by atoms with Gasteiger partial charge in [0.15, 0.2) is 0 Å². The van der Waals surface area contributed by atoms with Gasteiger partial charge in [-0.15, -0.1) is 0 Å². The molecule has 0 aliphatic heterocycles. The quantitative estimate of drug-likeness (QED) is 0.0387. The Morgan fingerprint density at radius 1 is 0.500 bits per heavy atom. The Morgan fingerprint density at radius 2 is 0.875 bits per heavy atom. The minimum Gasteiger partial charge on any atom is -0.394 e. The average Bonchev–Trinajstić information content (AvgIpc) is 3.09. The van der Waals surface area contributed by atoms with Crippen molar-refractivity contribution >= 4 is 5.91 Å². The van der Waals surface area contributed by atoms with Crippen molar-refractivity contribution in [2.24, 2.45) is 0 Å². The van der Waals surface area contributed by atoms with Crippen molar-refractivity contribution in [3.63, 3.8) is 0 Å². The highest BCUT2D eigenvalue weighted by Gasteiger charge is 2.26. The third-order valence-corrected chi connectivity index (χ3v) is 9.77. The molecule has 0 bridgehead atoms. The van der Waals surface area contributed by atoms with Crippen LogP contribution in [0.5, 0.6) is 0 Å². The molecule has 1 amide bonds. The van der Waals surface area contributed by atoms with Gasteiger partial charge in [-0.2, -0.15) is 0 Å². The van der Waals surface area contributed by atoms with Crippen molar-refractivity contribution in [3.8, 4) is 0 Å². The van der Waals surface area contributed by atoms with E-state index in [1.807, 2.05) is 0 Å². The standard InChI is InChI=1S/C43H83NO4/c1-3-5-7-9-11-13-15-16-17-18-19-20-21-22-23-24-25-26-27-28-30-32-34-36-38-42(47)44-40(39-45)43(48)41(46)37-35-33-31-29-14-12-10-8-6-4-2/h8,10,29,31,40-41,43,45-46,48H,3-7,9,11-28,30,32-39H2,1-2H3,(H,44,47)/b10-8+,31-29+. The Morgan fingerprint density at radius 3 is 1.27 bits per heavy atom. The molecule has 0 aliphatic rings. The second-order valence-corrected chi connectivity index (χ2v) is 14.5. The highest BCUT2D eigenvalue weighted by Crippen LogP contribution is 2.16. The van der Waals surface area contributed by atoms with Gasteiger partial charge in [-0.05, 0) is 44.9 Å². The van der Waals surface area contributed by atoms with E-state index in [1.54, 1.807) is 0 Å². The number of carbonyl (C=O) groups is 1. The molecule has 5 nitrogen and oxygen atoms in total. The van der Waals surface area contributed by atoms with Gasteiger partial charge >= 0.3 is 0 Å². The monoisotopic (exact) mass is 678 g/mol. The van der Waals surface area contributed by atoms with Crippen LogP contribution >= 0.6 is 0 Å². The van der Waals surface area contributed by atoms with Crippen LogP contribution in [-0.2, 0) is 4.79 Å². The molecule has 284 valence electrons. The predicted octanol–water partition coefficient (Wildman–Crippen LogP) is 11.8. The van der Waals surface area contributed by atoms with Crippen LogP contribution in [0.2, 0.25) is 0 Å². The first-order valence-corrected chi connectivity index (χ1v) is 21.1. The summed E-state index contributed by atoms with van der Waals surface area (Å²) in [5.74, 6) is -0.157. The highest BCUT2D eigenvalue weighted by molar-refractivity contribution is 5.76. The molecular formula is C43H83NO4. The molecule has 0 saturated heterocycles. The number of aliphatic hydroxyl groups is 3. The fraction of sp³-hybridized carbons (Fsp3) is 0.884. The first kappa shape index (κ1) is 46.8. The zero-order valence-corrected chi connectivity index (χ0v) is 32.1. The first-order chi connectivity index (χ1) is 23.6. The van der Waals surface area contributed by atoms with Crippen LogP contribution in [-0.4, -0.2) is 46.1 Å². The lowest BCUT2D eigenvalue weighted by molar-refractivity contribution is -0.124. The van der Waals surface area contributed by atoms with Crippen molar-refractivity contribution in [1.82, 2.24) is 5.32 Å². The molecule has 0 fully saturated rings. The number of hydrogen-bond acceptors (Lipinski definition) is 4. The molecule has 0 radical (unpaired) electrons. The maximum Gasteiger partial charge on any atom is 0.220 e. The molecule has 48 heavy (non-hydrogen) atoms. The molecule has 0 aromatic heterocycles. The van der Waals surface area contributed by atoms with E-state index in [4.69, 9.17) is 0 Å². The number of allylic oxidation sites excluding steroid dienone is 4. The van der Waals surface area contributed by atoms with Crippen LogP contribution < -0.4 is 5.32 Å². The first-order valence-electron chi connectivity index (χ1n) is 21.1. The van der Waals surface area contributed by atoms with E-state index in [1.165, 1.54) is 141 Å². The highest BCUT2D eigenvalue weighted by atomic mass is 16.3. The number of rotatable bonds is 38. The largest absolute Gasteiger partial charge is 0.394 e. The zero-order valence-electron chi connectivity index (χ0n) is 32.1. The number of unbranched alkanes of at least 4 members (excludes halogenated alkanes) is 26. The lowest BCUT2D eigenvalue weighted by Gasteiger charge is -2.26. The normalized spacial score (nSPS) is 13.9. The van der Waals surface area contributed by atoms with Crippen LogP contribution in [0.15, 0.2) is 24.3 Å². The molecule has 0 aromatic carbocycles. The Bertz CT molecular complexity index is 709. The summed E-state index contributed by atoms with van der Waals surface area (Å²) in [6.07, 6.45) is 45.9. The van der Waals surface area contributed by atoms with E-state index in [-0.39, 0.29) is 12.5 Å². The zero-order chi connectivity index (χ0) is 35.2. The average molecular weight is 678 g/mol. The lowest BCUT2D eigenvalue weighted by Crippen LogP contribution is -2.50. The lowest BCUT2D eigenvalue weighted by atomic mass is 10.0. The van der Waals surface area contributed by atoms with Crippen LogP contribution in [0.3, 0.4) is 0 Å². The van der Waals surface area contributed by atoms with E-state index < -0.39 is 18.2 Å². The Kier molecular flexibility index (Phi) is 37.7. The fourth-order valence-electron chi connectivity index (χ4n) is 6.48. The van der Waals surface area contributed by atoms with Crippen molar-refractivity contribution in [1.29, 1.82) is 0 Å². The number of nitrogens with one attached hydrogen (secondary N) is 1. The summed E-state index contributed by atoms with van der Waals surface area (Å²) in [5, 5.41) is 33.3. The van der Waals surface area contributed by atoms with E-state index in [0.717, 1.165) is 51.4 Å². The van der Waals surface area contributed by atoms with Gasteiger partial charge < -0.3 is 20.6 Å². The van der Waals surface area contributed by atoms with Crippen LogP contribution in [0, 0.1) is 0 Å². The van der Waals surface area contributed by atoms with Gasteiger partial charge in [-0.1, -0.05) is 192 Å². The van der Waals surface area contributed by atoms with Crippen molar-refractivity contribution in [2.75, 3.05) is 6.61 Å². The van der Waals surface area contributed by atoms with E-state index >= 15 is 0 Å². The maximum absolute atomic E-state index is 12.4. The van der Waals surface area contributed by atoms with Crippen molar-refractivity contribution < 1.29 is 20.1 Å². The molecule has 0 saturated carbocycles. The molecule has 0 rings (SSSR count). The summed E-state index contributed by atoms with van der Waals surface area (Å²) in [6, 6.07) is -0.827. The SMILES string of the molecule is CCC/C=C/CC/C=C/CCCC(O)C(O)C(CO)NC(=O)CCCCCCCCCCCCCCCCCCCCCCCCCC. The smallest absolute Gasteiger partial charge is 0.220 e. The number of aliphatic hydroxyl groups excluding tert-OH is 3. The Labute approximate surface area is 299 Å². The third-order valence-electron chi connectivity index (χ3n) is 9.77. The molecular weight excluding hydrogens is 594 g/mol. The van der Waals surface area contributed by atoms with Gasteiger partial charge in [0, 0.05) is 6.42 Å². The minimum absolute atomic E-state index is 0.157. The third kappa shape index (κ3) is 33.3. The summed E-state index contributed by atoms with van der Waals surface area (Å²) in [5.41, 5.74) is 0. The predicted molar refractivity (Wildman–Crippen MR) is 208 cm³/mol. The van der Waals surface area contributed by atoms with Crippen LogP contribution in [0.1, 0.15) is 219 Å². The van der Waals surface area contributed by atoms with Gasteiger partial charge in [-0.3, -0.25) is 4.79 Å². The maximum atomic E-state index is 12.4. The molecule has 5 heteroatoms. The Hall–Kier alpha value is -1.17. The number of hydrogen-bond donors (Lipinski definition) is 4. The summed E-state index contributed by atoms with van der Waals surface area (Å²) in [4.78, 5) is 12.4. The molecule has 0 heterocycles. The topological polar surface area (TPSA) is 89.8 Å². The molecule has 0 aromatic rings. The minimum atomic E-state index is -1.16. The fourth-order valence-corrected chi connectivity index (χ4v) is 6.48. The van der Waals surface area contributed by atoms with Gasteiger partial charge in [-0.25, -0.2) is 0 Å². The van der Waals surface area contributed by atoms with Crippen molar-refractivity contribution in [3.05, 3.63) is 24.3 Å². The van der Waals surface area contributed by atoms with E-state index in [0.29, 0.717) is 12.8 Å². The Balaban J connectivity index is 3.55. The van der Waals surface area contributed by atoms with Gasteiger partial charge in [0.05, 0.1) is 18.8 Å². The summed E-state index contributed by atoms with van der Waals surface area (Å²) >= 11 is 0. The van der Waals surface area contributed by atoms with E-state index in [9.17, 15) is 20.1 Å². The van der Waals surface area contributed by atoms with Crippen molar-refractivity contribution in [2.45, 2.75) is 238 Å². The molecule has 0 spiro atoms. The second-order valence-electron chi connectivity index (χ2n) is 14.5. The van der Waals surface area contributed by atoms with Gasteiger partial charge in [0.1, 0.15) is 6.10 Å². The summed E-state index contributed by atoms with van der Waals surface area (Å²) < 4.78 is 0. The second kappa shape index (κ2) is 38.6. The molecule has 3 unspecified atom stereocenters. The van der Waals surface area contributed by atoms with Gasteiger partial charge in [0.2, 0.25) is 5.91 Å². The van der Waals surface area contributed by atoms with Crippen LogP contribution in [0.25, 0.3) is 0 Å². The number of amides is 1. The summed E-state index contributed by atoms with van der Waals surface area (Å²) in [7, 11) is 0. The molecule has 3 atom stereocenters. The summed E-state index contributed by atoms with van der Waals surface area (Å²) in [6.45, 7) is 4.09.